The van der Waals surface area contributed by atoms with Crippen molar-refractivity contribution in [3.63, 3.8) is 0 Å². The van der Waals surface area contributed by atoms with Gasteiger partial charge in [-0.2, -0.15) is 0 Å². The van der Waals surface area contributed by atoms with Gasteiger partial charge in [0.1, 0.15) is 41.1 Å². The molecule has 2 aliphatic heterocycles. The minimum Gasteiger partial charge on any atom is -0.508 e. The SMILES string of the molecule is COc1cc(-c2ccc(C[C@H](NC(=O)c3ccc4nc(C)c(C)nc4c3)C(=O)NCCC(=O)N[C@H](CC(=O)N[C@H](CCCCNC(=S)Nc3ccc4c(c3)C(=O)OC43c4ccc(O)cc4Oc4cc(O)ccc43)C(=O)O)C(=O)O)cc2)cc(OC)c1OC. The highest BCUT2D eigenvalue weighted by molar-refractivity contribution is 7.80. The third kappa shape index (κ3) is 13.7. The van der Waals surface area contributed by atoms with Gasteiger partial charge in [-0.25, -0.2) is 24.4 Å². The molecule has 0 unspecified atom stereocenters. The maximum absolute atomic E-state index is 13.9. The fourth-order valence-electron chi connectivity index (χ4n) is 10.4. The number of thiocarbonyl (C=S) groups is 1. The number of benzene rings is 6. The lowest BCUT2D eigenvalue weighted by molar-refractivity contribution is -0.144. The van der Waals surface area contributed by atoms with Crippen molar-refractivity contribution in [3.8, 4) is 51.4 Å². The lowest BCUT2D eigenvalue weighted by atomic mass is 9.77. The van der Waals surface area contributed by atoms with Crippen molar-refractivity contribution in [2.75, 3.05) is 39.7 Å². The average molecular weight is 1220 g/mol. The van der Waals surface area contributed by atoms with Gasteiger partial charge >= 0.3 is 17.9 Å². The highest BCUT2D eigenvalue weighted by Crippen LogP contribution is 2.57. The number of phenolic OH excluding ortho intramolecular Hbond substituents is 2. The molecule has 0 saturated carbocycles. The van der Waals surface area contributed by atoms with E-state index in [1.165, 1.54) is 45.6 Å². The molecule has 7 aromatic rings. The summed E-state index contributed by atoms with van der Waals surface area (Å²) >= 11 is 5.50. The number of carboxylic acids is 2. The smallest absolute Gasteiger partial charge is 0.340 e. The van der Waals surface area contributed by atoms with E-state index in [2.05, 4.69) is 41.9 Å². The molecule has 24 nitrogen and oxygen atoms in total. The number of carbonyl (C=O) groups is 7. The topological polar surface area (TPSA) is 345 Å². The van der Waals surface area contributed by atoms with Crippen LogP contribution in [0.1, 0.15) is 86.5 Å². The Balaban J connectivity index is 0.753. The van der Waals surface area contributed by atoms with E-state index >= 15 is 0 Å². The quantitative estimate of drug-likeness (QED) is 0.0176. The van der Waals surface area contributed by atoms with Crippen molar-refractivity contribution in [2.45, 2.75) is 76.1 Å². The number of aryl methyl sites for hydroxylation is 2. The summed E-state index contributed by atoms with van der Waals surface area (Å²) in [7, 11) is 4.52. The Bertz CT molecular complexity index is 3840. The van der Waals surface area contributed by atoms with E-state index in [4.69, 9.17) is 35.9 Å². The van der Waals surface area contributed by atoms with Gasteiger partial charge in [0.05, 0.1) is 55.7 Å². The molecule has 10 N–H and O–H groups in total. The maximum Gasteiger partial charge on any atom is 0.340 e. The standard InChI is InChI=1S/C63H62N8O16S/c1-32-33(2)67-47-25-36(13-20-45(47)66-32)57(76)71-48(24-34-9-11-35(12-10-34)37-26-52(83-3)56(85-5)53(27-37)84-4)58(77)64-23-21-54(74)70-49(60(80)81)31-55(75)69-46(59(78)79)8-6-7-22-65-62(88)68-38-14-17-42-41(28-38)61(82)87-63(42)43-18-15-39(72)29-50(43)86-51-30-40(73)16-19-44(51)63/h9-20,25-30,46,48-49,72-73H,6-8,21-24,31H2,1-5H3,(H,64,77)(H,69,75)(H,70,74)(H,71,76)(H,78,79)(H,80,81)(H2,65,68,88)/t46-,48+,49-/m1/s1. The van der Waals surface area contributed by atoms with Crippen LogP contribution in [0.5, 0.6) is 40.2 Å². The summed E-state index contributed by atoms with van der Waals surface area (Å²) in [5.41, 5.74) is 5.53. The Morgan fingerprint density at radius 3 is 1.89 bits per heavy atom. The number of aromatic hydroxyl groups is 2. The van der Waals surface area contributed by atoms with E-state index in [1.807, 2.05) is 19.1 Å². The second kappa shape index (κ2) is 26.8. The number of carbonyl (C=O) groups excluding carboxylic acids is 5. The van der Waals surface area contributed by atoms with Crippen LogP contribution in [0, 0.1) is 13.8 Å². The number of nitrogens with zero attached hydrogens (tertiary/aromatic N) is 2. The Morgan fingerprint density at radius 1 is 0.636 bits per heavy atom. The number of carboxylic acid groups (broad SMARTS) is 2. The first-order valence-corrected chi connectivity index (χ1v) is 28.1. The highest BCUT2D eigenvalue weighted by atomic mass is 32.1. The number of hydrogen-bond donors (Lipinski definition) is 10. The number of unbranched alkanes of at least 4 members (excludes halogenated alkanes) is 1. The number of ether oxygens (including phenoxy) is 5. The third-order valence-electron chi connectivity index (χ3n) is 14.9. The van der Waals surface area contributed by atoms with E-state index in [-0.39, 0.29) is 71.6 Å². The predicted octanol–water partition coefficient (Wildman–Crippen LogP) is 6.45. The lowest BCUT2D eigenvalue weighted by Crippen LogP contribution is -2.49. The minimum absolute atomic E-state index is 0.00893. The van der Waals surface area contributed by atoms with Gasteiger partial charge in [-0.15, -0.1) is 0 Å². The molecule has 0 aliphatic carbocycles. The molecule has 88 heavy (non-hydrogen) atoms. The van der Waals surface area contributed by atoms with Gasteiger partial charge in [0.2, 0.25) is 23.5 Å². The van der Waals surface area contributed by atoms with E-state index in [1.54, 1.807) is 79.7 Å². The number of fused-ring (bicyclic) bond motifs is 7. The van der Waals surface area contributed by atoms with E-state index in [0.717, 1.165) is 16.8 Å². The number of anilines is 1. The van der Waals surface area contributed by atoms with Gasteiger partial charge in [0.15, 0.2) is 22.2 Å². The van der Waals surface area contributed by atoms with Crippen LogP contribution in [0.3, 0.4) is 0 Å². The summed E-state index contributed by atoms with van der Waals surface area (Å²) in [6.07, 6.45) is -0.618. The Labute approximate surface area is 508 Å². The van der Waals surface area contributed by atoms with Crippen molar-refractivity contribution in [2.24, 2.45) is 0 Å². The van der Waals surface area contributed by atoms with Crippen molar-refractivity contribution < 1.29 is 77.7 Å². The number of nitrogens with one attached hydrogen (secondary N) is 6. The van der Waals surface area contributed by atoms with E-state index in [9.17, 15) is 54.0 Å². The zero-order valence-electron chi connectivity index (χ0n) is 48.3. The number of amides is 4. The maximum atomic E-state index is 13.9. The van der Waals surface area contributed by atoms with Crippen LogP contribution in [0.25, 0.3) is 22.2 Å². The molecule has 0 bridgehead atoms. The molecule has 1 spiro atoms. The fourth-order valence-corrected chi connectivity index (χ4v) is 10.6. The van der Waals surface area contributed by atoms with Gasteiger partial charge in [-0.05, 0) is 129 Å². The molecule has 9 rings (SSSR count). The zero-order valence-corrected chi connectivity index (χ0v) is 49.1. The number of hydrogen-bond acceptors (Lipinski definition) is 17. The van der Waals surface area contributed by atoms with Crippen LogP contribution in [0.2, 0.25) is 0 Å². The largest absolute Gasteiger partial charge is 0.508 e. The number of aliphatic carboxylic acids is 2. The number of phenols is 2. The first-order chi connectivity index (χ1) is 42.2. The molecule has 3 heterocycles. The van der Waals surface area contributed by atoms with Crippen LogP contribution in [0.4, 0.5) is 5.69 Å². The minimum atomic E-state index is -1.76. The first kappa shape index (κ1) is 62.0. The predicted molar refractivity (Wildman–Crippen MR) is 323 cm³/mol. The fraction of sp³-hybridized carbons (Fsp3) is 0.270. The Hall–Kier alpha value is -10.6. The van der Waals surface area contributed by atoms with E-state index < -0.39 is 78.1 Å². The highest BCUT2D eigenvalue weighted by Gasteiger charge is 2.54. The first-order valence-electron chi connectivity index (χ1n) is 27.7. The van der Waals surface area contributed by atoms with Crippen LogP contribution >= 0.6 is 12.2 Å². The van der Waals surface area contributed by atoms with Gasteiger partial charge in [-0.1, -0.05) is 30.3 Å². The number of esters is 1. The van der Waals surface area contributed by atoms with Crippen molar-refractivity contribution in [1.82, 2.24) is 36.6 Å². The summed E-state index contributed by atoms with van der Waals surface area (Å²) in [6, 6.07) is 25.1. The van der Waals surface area contributed by atoms with Gasteiger partial charge < -0.3 is 76.0 Å². The monoisotopic (exact) mass is 1220 g/mol. The number of aromatic nitrogens is 2. The molecule has 3 atom stereocenters. The lowest BCUT2D eigenvalue weighted by Gasteiger charge is -2.36. The van der Waals surface area contributed by atoms with Crippen LogP contribution in [0.15, 0.2) is 109 Å². The number of rotatable bonds is 24. The van der Waals surface area contributed by atoms with Gasteiger partial charge in [0, 0.05) is 66.0 Å². The zero-order chi connectivity index (χ0) is 63.0. The Kier molecular flexibility index (Phi) is 18.9. The summed E-state index contributed by atoms with van der Waals surface area (Å²) < 4.78 is 28.6. The molecule has 2 aliphatic rings. The van der Waals surface area contributed by atoms with Crippen LogP contribution in [-0.2, 0) is 40.7 Å². The molecular formula is C63H62N8O16S. The molecule has 6 aromatic carbocycles. The second-order valence-corrected chi connectivity index (χ2v) is 21.2. The van der Waals surface area contributed by atoms with Crippen LogP contribution < -0.4 is 50.8 Å². The molecule has 0 saturated heterocycles. The normalized spacial score (nSPS) is 13.4. The third-order valence-corrected chi connectivity index (χ3v) is 15.1. The second-order valence-electron chi connectivity index (χ2n) is 20.8. The average Bonchev–Trinajstić information content (AvgIpc) is 1.48. The Morgan fingerprint density at radius 2 is 1.26 bits per heavy atom. The summed E-state index contributed by atoms with van der Waals surface area (Å²) in [6.45, 7) is 3.60. The van der Waals surface area contributed by atoms with Gasteiger partial charge in [0.25, 0.3) is 5.91 Å². The molecule has 4 amide bonds. The summed E-state index contributed by atoms with van der Waals surface area (Å²) in [5, 5.41) is 56.6. The molecule has 0 fully saturated rings. The summed E-state index contributed by atoms with van der Waals surface area (Å²) in [5.74, 6) is -4.98. The van der Waals surface area contributed by atoms with Crippen molar-refractivity contribution in [1.29, 1.82) is 0 Å². The van der Waals surface area contributed by atoms with Crippen molar-refractivity contribution in [3.05, 3.63) is 154 Å². The molecule has 1 aromatic heterocycles. The molecule has 456 valence electrons. The molecule has 0 radical (unpaired) electrons. The van der Waals surface area contributed by atoms with Crippen molar-refractivity contribution >= 4 is 75.6 Å². The number of methoxy groups -OCH3 is 3. The molecule has 25 heteroatoms. The summed E-state index contributed by atoms with van der Waals surface area (Å²) in [4.78, 5) is 101. The van der Waals surface area contributed by atoms with Gasteiger partial charge in [-0.3, -0.25) is 19.2 Å². The van der Waals surface area contributed by atoms with Crippen LogP contribution in [-0.4, -0.2) is 130 Å². The van der Waals surface area contributed by atoms with E-state index in [0.29, 0.717) is 68.3 Å². The molecular weight excluding hydrogens is 1160 g/mol.